The van der Waals surface area contributed by atoms with Gasteiger partial charge in [-0.25, -0.2) is 9.97 Å². The lowest BCUT2D eigenvalue weighted by Crippen LogP contribution is -2.21. The molecule has 0 atom stereocenters. The van der Waals surface area contributed by atoms with Crippen LogP contribution in [0.15, 0.2) is 60.7 Å². The molecule has 2 aliphatic rings. The van der Waals surface area contributed by atoms with Crippen molar-refractivity contribution < 1.29 is 9.47 Å². The highest BCUT2D eigenvalue weighted by molar-refractivity contribution is 5.82. The fraction of sp³-hybridized carbons (Fsp3) is 0.412. The molecule has 2 aliphatic heterocycles. The molecule has 0 bridgehead atoms. The van der Waals surface area contributed by atoms with Gasteiger partial charge in [-0.3, -0.25) is 0 Å². The summed E-state index contributed by atoms with van der Waals surface area (Å²) < 4.78 is 12.1. The second kappa shape index (κ2) is 12.5. The Morgan fingerprint density at radius 2 is 1.00 bits per heavy atom. The zero-order valence-corrected chi connectivity index (χ0v) is 24.3. The zero-order chi connectivity index (χ0) is 28.1. The third-order valence-electron chi connectivity index (χ3n) is 8.51. The van der Waals surface area contributed by atoms with E-state index in [4.69, 9.17) is 19.4 Å². The van der Waals surface area contributed by atoms with Gasteiger partial charge < -0.3 is 29.2 Å². The third-order valence-corrected chi connectivity index (χ3v) is 8.51. The summed E-state index contributed by atoms with van der Waals surface area (Å²) in [5.74, 6) is 3.46. The van der Waals surface area contributed by atoms with Gasteiger partial charge in [-0.05, 0) is 89.0 Å². The molecule has 2 saturated heterocycles. The predicted molar refractivity (Wildman–Crippen MR) is 168 cm³/mol. The van der Waals surface area contributed by atoms with Crippen LogP contribution in [0.1, 0.15) is 38.5 Å². The molecule has 0 amide bonds. The topological polar surface area (TPSA) is 82.3 Å². The second-order valence-corrected chi connectivity index (χ2v) is 11.6. The molecule has 3 aromatic carbocycles. The molecule has 0 aliphatic carbocycles. The Kier molecular flexibility index (Phi) is 8.06. The summed E-state index contributed by atoms with van der Waals surface area (Å²) in [6.45, 7) is 8.65. The SMILES string of the molecule is c1cc2nc(-c3ccc(-c4nc5ccc(OCCCN6CCCC6)cc5[nH]4)cc3)[nH]c2cc1OCCCN1CCCC1. The molecule has 8 heteroatoms. The summed E-state index contributed by atoms with van der Waals surface area (Å²) in [4.78, 5) is 21.6. The Balaban J connectivity index is 0.965. The number of hydrogen-bond acceptors (Lipinski definition) is 6. The van der Waals surface area contributed by atoms with Crippen molar-refractivity contribution in [3.8, 4) is 34.3 Å². The minimum Gasteiger partial charge on any atom is -0.493 e. The fourth-order valence-electron chi connectivity index (χ4n) is 6.19. The van der Waals surface area contributed by atoms with Crippen LogP contribution < -0.4 is 9.47 Å². The standard InChI is InChI=1S/C34H40N6O2/c1-2-16-39(15-1)19-5-21-41-27-11-13-29-31(23-27)37-33(35-29)25-7-9-26(10-8-25)34-36-30-14-12-28(24-32(30)38-34)42-22-6-20-40-17-3-4-18-40/h7-14,23-24H,1-6,15-22H2,(H,35,37)(H,36,38). The van der Waals surface area contributed by atoms with Gasteiger partial charge in [-0.15, -0.1) is 0 Å². The van der Waals surface area contributed by atoms with Gasteiger partial charge in [-0.1, -0.05) is 24.3 Å². The number of rotatable bonds is 12. The first-order valence-electron chi connectivity index (χ1n) is 15.6. The molecule has 2 aromatic heterocycles. The largest absolute Gasteiger partial charge is 0.493 e. The number of fused-ring (bicyclic) bond motifs is 2. The summed E-state index contributed by atoms with van der Waals surface area (Å²) in [6, 6.07) is 20.5. The maximum absolute atomic E-state index is 6.03. The van der Waals surface area contributed by atoms with E-state index in [0.717, 1.165) is 95.5 Å². The van der Waals surface area contributed by atoms with Crippen molar-refractivity contribution in [2.75, 3.05) is 52.5 Å². The molecular formula is C34H40N6O2. The number of H-pyrrole nitrogens is 2. The van der Waals surface area contributed by atoms with Crippen LogP contribution in [-0.4, -0.2) is 82.2 Å². The number of hydrogen-bond donors (Lipinski definition) is 2. The Morgan fingerprint density at radius 3 is 1.43 bits per heavy atom. The van der Waals surface area contributed by atoms with Crippen LogP contribution in [0.3, 0.4) is 0 Å². The monoisotopic (exact) mass is 564 g/mol. The van der Waals surface area contributed by atoms with E-state index in [1.807, 2.05) is 24.3 Å². The number of aromatic nitrogens is 4. The average molecular weight is 565 g/mol. The maximum atomic E-state index is 6.03. The van der Waals surface area contributed by atoms with Crippen molar-refractivity contribution in [3.63, 3.8) is 0 Å². The van der Waals surface area contributed by atoms with Crippen molar-refractivity contribution in [2.24, 2.45) is 0 Å². The van der Waals surface area contributed by atoms with Gasteiger partial charge in [0.1, 0.15) is 23.1 Å². The van der Waals surface area contributed by atoms with Crippen LogP contribution in [0.4, 0.5) is 0 Å². The summed E-state index contributed by atoms with van der Waals surface area (Å²) in [5, 5.41) is 0. The molecule has 0 unspecified atom stereocenters. The Morgan fingerprint density at radius 1 is 0.571 bits per heavy atom. The third kappa shape index (κ3) is 6.30. The molecule has 4 heterocycles. The molecular weight excluding hydrogens is 524 g/mol. The number of likely N-dealkylation sites (tertiary alicyclic amines) is 2. The molecule has 0 saturated carbocycles. The van der Waals surface area contributed by atoms with E-state index in [1.54, 1.807) is 0 Å². The van der Waals surface area contributed by atoms with Crippen LogP contribution in [0.2, 0.25) is 0 Å². The van der Waals surface area contributed by atoms with Crippen molar-refractivity contribution in [1.82, 2.24) is 29.7 Å². The number of aromatic amines is 2. The van der Waals surface area contributed by atoms with Gasteiger partial charge >= 0.3 is 0 Å². The minimum atomic E-state index is 0.736. The number of imidazole rings is 2. The van der Waals surface area contributed by atoms with Gasteiger partial charge in [0.2, 0.25) is 0 Å². The number of nitrogens with one attached hydrogen (secondary N) is 2. The molecule has 5 aromatic rings. The van der Waals surface area contributed by atoms with Gasteiger partial charge in [-0.2, -0.15) is 0 Å². The van der Waals surface area contributed by atoms with Gasteiger partial charge in [0.05, 0.1) is 35.3 Å². The summed E-state index contributed by atoms with van der Waals surface area (Å²) in [6.07, 6.45) is 7.43. The fourth-order valence-corrected chi connectivity index (χ4v) is 6.19. The van der Waals surface area contributed by atoms with E-state index >= 15 is 0 Å². The highest BCUT2D eigenvalue weighted by Gasteiger charge is 2.13. The lowest BCUT2D eigenvalue weighted by atomic mass is 10.1. The van der Waals surface area contributed by atoms with E-state index in [0.29, 0.717) is 0 Å². The van der Waals surface area contributed by atoms with Crippen LogP contribution >= 0.6 is 0 Å². The predicted octanol–water partition coefficient (Wildman–Crippen LogP) is 6.50. The minimum absolute atomic E-state index is 0.736. The van der Waals surface area contributed by atoms with E-state index in [2.05, 4.69) is 56.2 Å². The first kappa shape index (κ1) is 27.0. The quantitative estimate of drug-likeness (QED) is 0.168. The molecule has 0 spiro atoms. The highest BCUT2D eigenvalue weighted by Crippen LogP contribution is 2.28. The molecule has 2 N–H and O–H groups in total. The van der Waals surface area contributed by atoms with Crippen LogP contribution in [-0.2, 0) is 0 Å². The Labute approximate surface area is 247 Å². The van der Waals surface area contributed by atoms with Crippen molar-refractivity contribution in [1.29, 1.82) is 0 Å². The maximum Gasteiger partial charge on any atom is 0.138 e. The zero-order valence-electron chi connectivity index (χ0n) is 24.3. The molecule has 42 heavy (non-hydrogen) atoms. The smallest absolute Gasteiger partial charge is 0.138 e. The van der Waals surface area contributed by atoms with Crippen molar-refractivity contribution in [3.05, 3.63) is 60.7 Å². The molecule has 218 valence electrons. The number of ether oxygens (including phenoxy) is 2. The van der Waals surface area contributed by atoms with Crippen LogP contribution in [0.25, 0.3) is 44.8 Å². The Bertz CT molecular complexity index is 1490. The van der Waals surface area contributed by atoms with E-state index in [9.17, 15) is 0 Å². The molecule has 0 radical (unpaired) electrons. The van der Waals surface area contributed by atoms with Gasteiger partial charge in [0, 0.05) is 36.3 Å². The second-order valence-electron chi connectivity index (χ2n) is 11.6. The van der Waals surface area contributed by atoms with Crippen molar-refractivity contribution in [2.45, 2.75) is 38.5 Å². The van der Waals surface area contributed by atoms with E-state index < -0.39 is 0 Å². The van der Waals surface area contributed by atoms with Gasteiger partial charge in [0.15, 0.2) is 0 Å². The number of nitrogens with zero attached hydrogens (tertiary/aromatic N) is 4. The first-order chi connectivity index (χ1) is 20.8. The first-order valence-corrected chi connectivity index (χ1v) is 15.6. The lowest BCUT2D eigenvalue weighted by Gasteiger charge is -2.14. The van der Waals surface area contributed by atoms with Crippen LogP contribution in [0.5, 0.6) is 11.5 Å². The number of benzene rings is 3. The summed E-state index contributed by atoms with van der Waals surface area (Å²) in [5.41, 5.74) is 5.90. The highest BCUT2D eigenvalue weighted by atomic mass is 16.5. The lowest BCUT2D eigenvalue weighted by molar-refractivity contribution is 0.263. The van der Waals surface area contributed by atoms with E-state index in [1.165, 1.54) is 51.9 Å². The summed E-state index contributed by atoms with van der Waals surface area (Å²) >= 11 is 0. The normalized spacial score (nSPS) is 16.2. The molecule has 7 rings (SSSR count). The Hall–Kier alpha value is -3.88. The molecule has 2 fully saturated rings. The van der Waals surface area contributed by atoms with E-state index in [-0.39, 0.29) is 0 Å². The van der Waals surface area contributed by atoms with Crippen molar-refractivity contribution >= 4 is 22.1 Å². The molecule has 8 nitrogen and oxygen atoms in total. The summed E-state index contributed by atoms with van der Waals surface area (Å²) in [7, 11) is 0. The van der Waals surface area contributed by atoms with Gasteiger partial charge in [0.25, 0.3) is 0 Å². The average Bonchev–Trinajstić information content (AvgIpc) is 3.84. The van der Waals surface area contributed by atoms with Crippen LogP contribution in [0, 0.1) is 0 Å².